The van der Waals surface area contributed by atoms with E-state index in [1.54, 1.807) is 14.0 Å². The number of carbonyl (C=O) groups is 1. The van der Waals surface area contributed by atoms with Crippen LogP contribution in [0.25, 0.3) is 0 Å². The van der Waals surface area contributed by atoms with Gasteiger partial charge in [-0.1, -0.05) is 12.1 Å². The molecule has 0 aliphatic carbocycles. The van der Waals surface area contributed by atoms with E-state index in [9.17, 15) is 4.79 Å². The molecule has 0 aliphatic heterocycles. The number of benzene rings is 1. The number of ether oxygens (including phenoxy) is 2. The summed E-state index contributed by atoms with van der Waals surface area (Å²) in [6.07, 6.45) is 0.238. The number of esters is 1. The van der Waals surface area contributed by atoms with Gasteiger partial charge in [0.15, 0.2) is 0 Å². The SMILES string of the molecule is CCOC(=O)Cc1cccc(N(C)CC)c1OC. The second-order valence-corrected chi connectivity index (χ2v) is 3.97. The second kappa shape index (κ2) is 6.89. The van der Waals surface area contributed by atoms with Crippen molar-refractivity contribution in [3.63, 3.8) is 0 Å². The van der Waals surface area contributed by atoms with Crippen LogP contribution >= 0.6 is 0 Å². The third-order valence-electron chi connectivity index (χ3n) is 2.81. The molecule has 0 saturated carbocycles. The predicted octanol–water partition coefficient (Wildman–Crippen LogP) is 2.26. The molecule has 0 heterocycles. The average Bonchev–Trinajstić information content (AvgIpc) is 2.37. The normalized spacial score (nSPS) is 10.0. The van der Waals surface area contributed by atoms with Crippen LogP contribution in [-0.4, -0.2) is 33.3 Å². The molecule has 0 fully saturated rings. The van der Waals surface area contributed by atoms with Crippen LogP contribution in [0.1, 0.15) is 19.4 Å². The number of rotatable bonds is 6. The van der Waals surface area contributed by atoms with Crippen molar-refractivity contribution in [2.75, 3.05) is 32.2 Å². The van der Waals surface area contributed by atoms with E-state index in [-0.39, 0.29) is 12.4 Å². The molecule has 0 aromatic heterocycles. The summed E-state index contributed by atoms with van der Waals surface area (Å²) < 4.78 is 10.4. The molecule has 0 saturated heterocycles. The van der Waals surface area contributed by atoms with Crippen LogP contribution in [0.15, 0.2) is 18.2 Å². The van der Waals surface area contributed by atoms with Crippen molar-refractivity contribution in [3.8, 4) is 5.75 Å². The Hall–Kier alpha value is -1.71. The molecule has 0 bridgehead atoms. The smallest absolute Gasteiger partial charge is 0.310 e. The van der Waals surface area contributed by atoms with Gasteiger partial charge in [0.05, 0.1) is 25.8 Å². The summed E-state index contributed by atoms with van der Waals surface area (Å²) in [6, 6.07) is 5.80. The van der Waals surface area contributed by atoms with Crippen LogP contribution in [-0.2, 0) is 16.0 Å². The van der Waals surface area contributed by atoms with Crippen molar-refractivity contribution in [2.24, 2.45) is 0 Å². The molecule has 0 N–H and O–H groups in total. The van der Waals surface area contributed by atoms with Crippen molar-refractivity contribution < 1.29 is 14.3 Å². The Kier molecular flexibility index (Phi) is 5.49. The number of carbonyl (C=O) groups excluding carboxylic acids is 1. The molecule has 4 heteroatoms. The fourth-order valence-corrected chi connectivity index (χ4v) is 1.78. The Bertz CT molecular complexity index is 404. The molecule has 4 nitrogen and oxygen atoms in total. The first-order valence-corrected chi connectivity index (χ1v) is 6.16. The van der Waals surface area contributed by atoms with E-state index in [1.807, 2.05) is 25.2 Å². The molecule has 100 valence electrons. The lowest BCUT2D eigenvalue weighted by Gasteiger charge is -2.21. The monoisotopic (exact) mass is 251 g/mol. The fourth-order valence-electron chi connectivity index (χ4n) is 1.78. The Balaban J connectivity index is 3.01. The summed E-state index contributed by atoms with van der Waals surface area (Å²) in [4.78, 5) is 13.6. The van der Waals surface area contributed by atoms with Gasteiger partial charge in [-0.15, -0.1) is 0 Å². The zero-order valence-electron chi connectivity index (χ0n) is 11.5. The van der Waals surface area contributed by atoms with E-state index in [0.717, 1.165) is 23.5 Å². The van der Waals surface area contributed by atoms with Crippen LogP contribution in [0.3, 0.4) is 0 Å². The molecule has 0 atom stereocenters. The van der Waals surface area contributed by atoms with Crippen LogP contribution < -0.4 is 9.64 Å². The summed E-state index contributed by atoms with van der Waals surface area (Å²) in [6.45, 7) is 5.14. The first kappa shape index (κ1) is 14.4. The van der Waals surface area contributed by atoms with E-state index in [0.29, 0.717) is 6.61 Å². The van der Waals surface area contributed by atoms with Gasteiger partial charge in [0, 0.05) is 19.2 Å². The summed E-state index contributed by atoms with van der Waals surface area (Å²) in [5.74, 6) is 0.516. The van der Waals surface area contributed by atoms with Gasteiger partial charge in [0.1, 0.15) is 5.75 Å². The lowest BCUT2D eigenvalue weighted by atomic mass is 10.1. The quantitative estimate of drug-likeness (QED) is 0.727. The van der Waals surface area contributed by atoms with Crippen molar-refractivity contribution in [2.45, 2.75) is 20.3 Å². The van der Waals surface area contributed by atoms with Gasteiger partial charge in [-0.2, -0.15) is 0 Å². The van der Waals surface area contributed by atoms with E-state index < -0.39 is 0 Å². The highest BCUT2D eigenvalue weighted by atomic mass is 16.5. The Morgan fingerprint density at radius 1 is 1.33 bits per heavy atom. The highest BCUT2D eigenvalue weighted by Crippen LogP contribution is 2.31. The Morgan fingerprint density at radius 3 is 2.61 bits per heavy atom. The number of hydrogen-bond donors (Lipinski definition) is 0. The van der Waals surface area contributed by atoms with Crippen LogP contribution in [0, 0.1) is 0 Å². The predicted molar refractivity (Wildman–Crippen MR) is 72.3 cm³/mol. The molecular formula is C14H21NO3. The lowest BCUT2D eigenvalue weighted by molar-refractivity contribution is -0.142. The van der Waals surface area contributed by atoms with Crippen molar-refractivity contribution in [1.82, 2.24) is 0 Å². The van der Waals surface area contributed by atoms with Crippen molar-refractivity contribution >= 4 is 11.7 Å². The molecule has 18 heavy (non-hydrogen) atoms. The van der Waals surface area contributed by atoms with Gasteiger partial charge >= 0.3 is 5.97 Å². The highest BCUT2D eigenvalue weighted by Gasteiger charge is 2.14. The first-order valence-electron chi connectivity index (χ1n) is 6.16. The minimum absolute atomic E-state index is 0.230. The third-order valence-corrected chi connectivity index (χ3v) is 2.81. The number of para-hydroxylation sites is 1. The minimum Gasteiger partial charge on any atom is -0.494 e. The second-order valence-electron chi connectivity index (χ2n) is 3.97. The molecule has 1 aromatic rings. The Labute approximate surface area is 108 Å². The summed E-state index contributed by atoms with van der Waals surface area (Å²) in [5.41, 5.74) is 1.84. The van der Waals surface area contributed by atoms with Gasteiger partial charge in [-0.3, -0.25) is 4.79 Å². The van der Waals surface area contributed by atoms with E-state index in [4.69, 9.17) is 9.47 Å². The van der Waals surface area contributed by atoms with Crippen LogP contribution in [0.5, 0.6) is 5.75 Å². The van der Waals surface area contributed by atoms with E-state index in [1.165, 1.54) is 0 Å². The Morgan fingerprint density at radius 2 is 2.06 bits per heavy atom. The molecule has 0 radical (unpaired) electrons. The maximum atomic E-state index is 11.5. The summed E-state index contributed by atoms with van der Waals surface area (Å²) in [5, 5.41) is 0. The maximum Gasteiger partial charge on any atom is 0.310 e. The average molecular weight is 251 g/mol. The summed E-state index contributed by atoms with van der Waals surface area (Å²) in [7, 11) is 3.61. The molecular weight excluding hydrogens is 230 g/mol. The van der Waals surface area contributed by atoms with Gasteiger partial charge in [-0.25, -0.2) is 0 Å². The third kappa shape index (κ3) is 3.39. The van der Waals surface area contributed by atoms with Crippen molar-refractivity contribution in [1.29, 1.82) is 0 Å². The molecule has 1 rings (SSSR count). The van der Waals surface area contributed by atoms with Gasteiger partial charge in [0.2, 0.25) is 0 Å². The van der Waals surface area contributed by atoms with Gasteiger partial charge in [-0.05, 0) is 19.9 Å². The van der Waals surface area contributed by atoms with Gasteiger partial charge < -0.3 is 14.4 Å². The first-order chi connectivity index (χ1) is 8.63. The standard InChI is InChI=1S/C14H21NO3/c1-5-15(3)12-9-7-8-11(14(12)17-4)10-13(16)18-6-2/h7-9H,5-6,10H2,1-4H3. The molecule has 0 amide bonds. The number of anilines is 1. The zero-order valence-corrected chi connectivity index (χ0v) is 11.5. The minimum atomic E-state index is -0.230. The molecule has 1 aromatic carbocycles. The zero-order chi connectivity index (χ0) is 13.5. The number of methoxy groups -OCH3 is 1. The molecule has 0 unspecified atom stereocenters. The van der Waals surface area contributed by atoms with Crippen molar-refractivity contribution in [3.05, 3.63) is 23.8 Å². The number of hydrogen-bond acceptors (Lipinski definition) is 4. The molecule has 0 spiro atoms. The fraction of sp³-hybridized carbons (Fsp3) is 0.500. The van der Waals surface area contributed by atoms with Crippen LogP contribution in [0.4, 0.5) is 5.69 Å². The lowest BCUT2D eigenvalue weighted by Crippen LogP contribution is -2.17. The van der Waals surface area contributed by atoms with Gasteiger partial charge in [0.25, 0.3) is 0 Å². The number of nitrogens with zero attached hydrogens (tertiary/aromatic N) is 1. The summed E-state index contributed by atoms with van der Waals surface area (Å²) >= 11 is 0. The van der Waals surface area contributed by atoms with E-state index in [2.05, 4.69) is 11.8 Å². The molecule has 0 aliphatic rings. The maximum absolute atomic E-state index is 11.5. The van der Waals surface area contributed by atoms with Crippen LogP contribution in [0.2, 0.25) is 0 Å². The largest absolute Gasteiger partial charge is 0.494 e. The van der Waals surface area contributed by atoms with E-state index >= 15 is 0 Å². The topological polar surface area (TPSA) is 38.8 Å². The highest BCUT2D eigenvalue weighted by molar-refractivity contribution is 5.75.